The molecule has 0 unspecified atom stereocenters. The predicted octanol–water partition coefficient (Wildman–Crippen LogP) is 3.68. The van der Waals surface area contributed by atoms with Crippen molar-refractivity contribution < 1.29 is 17.9 Å². The third kappa shape index (κ3) is 2.27. The van der Waals surface area contributed by atoms with Crippen LogP contribution in [0.4, 0.5) is 14.5 Å². The Hall–Kier alpha value is -2.63. The van der Waals surface area contributed by atoms with Gasteiger partial charge in [0, 0.05) is 5.56 Å². The Bertz CT molecular complexity index is 756. The average Bonchev–Trinajstić information content (AvgIpc) is 2.84. The van der Waals surface area contributed by atoms with Gasteiger partial charge in [-0.15, -0.1) is 0 Å². The molecule has 0 aliphatic carbocycles. The Kier molecular flexibility index (Phi) is 2.98. The quantitative estimate of drug-likeness (QED) is 0.741. The zero-order valence-electron chi connectivity index (χ0n) is 10.2. The second kappa shape index (κ2) is 4.80. The Balaban J connectivity index is 2.04. The maximum absolute atomic E-state index is 12.2. The Morgan fingerprint density at radius 3 is 2.70 bits per heavy atom. The Morgan fingerprint density at radius 1 is 1.15 bits per heavy atom. The molecule has 102 valence electrons. The molecule has 6 heteroatoms. The predicted molar refractivity (Wildman–Crippen MR) is 70.5 cm³/mol. The lowest BCUT2D eigenvalue weighted by atomic mass is 10.2. The van der Waals surface area contributed by atoms with Gasteiger partial charge in [-0.3, -0.25) is 0 Å². The topological polar surface area (TPSA) is 61.3 Å². The molecule has 0 radical (unpaired) electrons. The van der Waals surface area contributed by atoms with E-state index >= 15 is 0 Å². The molecule has 0 aliphatic heterocycles. The summed E-state index contributed by atoms with van der Waals surface area (Å²) in [4.78, 5) is 4.27. The molecule has 0 atom stereocenters. The normalized spacial score (nSPS) is 11.2. The van der Waals surface area contributed by atoms with E-state index in [4.69, 9.17) is 10.2 Å². The fourth-order valence-electron chi connectivity index (χ4n) is 1.90. The standard InChI is InChI=1S/C14H10F2N2O2/c15-14(16)19-9-4-1-3-8(7-9)13-18-12-10(17)5-2-6-11(12)20-13/h1-7,14H,17H2. The molecule has 2 N–H and O–H groups in total. The molecule has 0 amide bonds. The number of para-hydroxylation sites is 1. The number of halogens is 2. The number of hydrogen-bond donors (Lipinski definition) is 1. The fraction of sp³-hybridized carbons (Fsp3) is 0.0714. The van der Waals surface area contributed by atoms with Crippen molar-refractivity contribution in [3.05, 3.63) is 42.5 Å². The molecule has 3 rings (SSSR count). The van der Waals surface area contributed by atoms with E-state index in [1.807, 2.05) is 0 Å². The number of rotatable bonds is 3. The first-order valence-corrected chi connectivity index (χ1v) is 5.84. The van der Waals surface area contributed by atoms with E-state index in [1.54, 1.807) is 30.3 Å². The lowest BCUT2D eigenvalue weighted by Gasteiger charge is -2.04. The summed E-state index contributed by atoms with van der Waals surface area (Å²) < 4.78 is 34.3. The number of nitrogens with zero attached hydrogens (tertiary/aromatic N) is 1. The van der Waals surface area contributed by atoms with E-state index < -0.39 is 6.61 Å². The van der Waals surface area contributed by atoms with Crippen molar-refractivity contribution in [1.29, 1.82) is 0 Å². The summed E-state index contributed by atoms with van der Waals surface area (Å²) in [5, 5.41) is 0. The van der Waals surface area contributed by atoms with Crippen molar-refractivity contribution in [3.8, 4) is 17.2 Å². The minimum Gasteiger partial charge on any atom is -0.436 e. The third-order valence-electron chi connectivity index (χ3n) is 2.76. The molecule has 1 heterocycles. The molecule has 0 fully saturated rings. The van der Waals surface area contributed by atoms with Crippen molar-refractivity contribution >= 4 is 16.8 Å². The monoisotopic (exact) mass is 276 g/mol. The zero-order valence-corrected chi connectivity index (χ0v) is 10.2. The Labute approximate surface area is 112 Å². The molecule has 0 saturated heterocycles. The van der Waals surface area contributed by atoms with Crippen LogP contribution in [0.25, 0.3) is 22.6 Å². The van der Waals surface area contributed by atoms with E-state index in [0.717, 1.165) is 0 Å². The average molecular weight is 276 g/mol. The minimum absolute atomic E-state index is 0.0488. The van der Waals surface area contributed by atoms with Crippen LogP contribution in [0.3, 0.4) is 0 Å². The van der Waals surface area contributed by atoms with Crippen LogP contribution in [0, 0.1) is 0 Å². The molecular formula is C14H10F2N2O2. The van der Waals surface area contributed by atoms with Gasteiger partial charge in [0.25, 0.3) is 0 Å². The summed E-state index contributed by atoms with van der Waals surface area (Å²) in [6.45, 7) is -2.87. The molecule has 0 aliphatic rings. The molecule has 0 saturated carbocycles. The van der Waals surface area contributed by atoms with Crippen LogP contribution in [-0.4, -0.2) is 11.6 Å². The number of hydrogen-bond acceptors (Lipinski definition) is 4. The van der Waals surface area contributed by atoms with Gasteiger partial charge in [-0.2, -0.15) is 8.78 Å². The third-order valence-corrected chi connectivity index (χ3v) is 2.76. The maximum Gasteiger partial charge on any atom is 0.387 e. The first-order chi connectivity index (χ1) is 9.63. The van der Waals surface area contributed by atoms with Crippen LogP contribution in [0.15, 0.2) is 46.9 Å². The summed E-state index contributed by atoms with van der Waals surface area (Å²) in [5.74, 6) is 0.352. The van der Waals surface area contributed by atoms with E-state index in [0.29, 0.717) is 28.2 Å². The fourth-order valence-corrected chi connectivity index (χ4v) is 1.90. The highest BCUT2D eigenvalue weighted by Crippen LogP contribution is 2.29. The zero-order chi connectivity index (χ0) is 14.1. The van der Waals surface area contributed by atoms with Crippen molar-refractivity contribution in [2.45, 2.75) is 6.61 Å². The largest absolute Gasteiger partial charge is 0.436 e. The minimum atomic E-state index is -2.87. The second-order valence-electron chi connectivity index (χ2n) is 4.12. The molecule has 3 aromatic rings. The summed E-state index contributed by atoms with van der Waals surface area (Å²) in [5.41, 5.74) is 7.92. The van der Waals surface area contributed by atoms with Crippen LogP contribution in [0.2, 0.25) is 0 Å². The number of alkyl halides is 2. The van der Waals surface area contributed by atoms with Crippen LogP contribution in [0.1, 0.15) is 0 Å². The van der Waals surface area contributed by atoms with E-state index in [-0.39, 0.29) is 5.75 Å². The first kappa shape index (κ1) is 12.4. The highest BCUT2D eigenvalue weighted by atomic mass is 19.3. The maximum atomic E-state index is 12.2. The van der Waals surface area contributed by atoms with Crippen molar-refractivity contribution in [2.75, 3.05) is 5.73 Å². The van der Waals surface area contributed by atoms with Gasteiger partial charge in [0.15, 0.2) is 5.58 Å². The molecule has 0 spiro atoms. The SMILES string of the molecule is Nc1cccc2oc(-c3cccc(OC(F)F)c3)nc12. The summed E-state index contributed by atoms with van der Waals surface area (Å²) >= 11 is 0. The first-order valence-electron chi connectivity index (χ1n) is 5.84. The molecule has 4 nitrogen and oxygen atoms in total. The molecule has 1 aromatic heterocycles. The van der Waals surface area contributed by atoms with Crippen molar-refractivity contribution in [2.24, 2.45) is 0 Å². The van der Waals surface area contributed by atoms with Gasteiger partial charge in [-0.1, -0.05) is 12.1 Å². The lowest BCUT2D eigenvalue weighted by molar-refractivity contribution is -0.0498. The summed E-state index contributed by atoms with van der Waals surface area (Å²) in [7, 11) is 0. The van der Waals surface area contributed by atoms with Crippen LogP contribution < -0.4 is 10.5 Å². The van der Waals surface area contributed by atoms with Gasteiger partial charge in [0.2, 0.25) is 5.89 Å². The number of nitrogens with two attached hydrogens (primary N) is 1. The molecular weight excluding hydrogens is 266 g/mol. The van der Waals surface area contributed by atoms with E-state index in [2.05, 4.69) is 9.72 Å². The molecule has 0 bridgehead atoms. The van der Waals surface area contributed by atoms with Gasteiger partial charge >= 0.3 is 6.61 Å². The van der Waals surface area contributed by atoms with Gasteiger partial charge in [0.1, 0.15) is 11.3 Å². The van der Waals surface area contributed by atoms with Crippen LogP contribution in [0.5, 0.6) is 5.75 Å². The highest BCUT2D eigenvalue weighted by molar-refractivity contribution is 5.87. The molecule has 2 aromatic carbocycles. The number of aromatic nitrogens is 1. The van der Waals surface area contributed by atoms with Gasteiger partial charge in [0.05, 0.1) is 5.69 Å². The number of benzene rings is 2. The van der Waals surface area contributed by atoms with Crippen molar-refractivity contribution in [1.82, 2.24) is 4.98 Å². The number of fused-ring (bicyclic) bond motifs is 1. The smallest absolute Gasteiger partial charge is 0.387 e. The Morgan fingerprint density at radius 2 is 1.95 bits per heavy atom. The van der Waals surface area contributed by atoms with Crippen LogP contribution >= 0.6 is 0 Å². The van der Waals surface area contributed by atoms with Crippen molar-refractivity contribution in [3.63, 3.8) is 0 Å². The van der Waals surface area contributed by atoms with Gasteiger partial charge in [-0.05, 0) is 30.3 Å². The van der Waals surface area contributed by atoms with E-state index in [1.165, 1.54) is 12.1 Å². The summed E-state index contributed by atoms with van der Waals surface area (Å²) in [6.07, 6.45) is 0. The van der Waals surface area contributed by atoms with Gasteiger partial charge < -0.3 is 14.9 Å². The number of anilines is 1. The lowest BCUT2D eigenvalue weighted by Crippen LogP contribution is -2.01. The van der Waals surface area contributed by atoms with Crippen LogP contribution in [-0.2, 0) is 0 Å². The number of oxazole rings is 1. The molecule has 20 heavy (non-hydrogen) atoms. The number of nitrogen functional groups attached to an aromatic ring is 1. The highest BCUT2D eigenvalue weighted by Gasteiger charge is 2.12. The summed E-state index contributed by atoms with van der Waals surface area (Å²) in [6, 6.07) is 11.4. The number of ether oxygens (including phenoxy) is 1. The van der Waals surface area contributed by atoms with E-state index in [9.17, 15) is 8.78 Å². The second-order valence-corrected chi connectivity index (χ2v) is 4.12. The van der Waals surface area contributed by atoms with Gasteiger partial charge in [-0.25, -0.2) is 4.98 Å².